The number of primary amides is 1. The topological polar surface area (TPSA) is 209 Å². The highest BCUT2D eigenvalue weighted by Crippen LogP contribution is 2.53. The second kappa shape index (κ2) is 10.8. The van der Waals surface area contributed by atoms with E-state index in [0.29, 0.717) is 11.1 Å². The highest BCUT2D eigenvalue weighted by atomic mass is 19.4. The predicted octanol–water partition coefficient (Wildman–Crippen LogP) is 4.09. The highest BCUT2D eigenvalue weighted by Gasteiger charge is 2.60. The molecule has 3 atom stereocenters. The van der Waals surface area contributed by atoms with Crippen molar-refractivity contribution in [2.45, 2.75) is 51.0 Å². The summed E-state index contributed by atoms with van der Waals surface area (Å²) in [6, 6.07) is 4.86. The van der Waals surface area contributed by atoms with E-state index in [4.69, 9.17) is 5.73 Å². The summed E-state index contributed by atoms with van der Waals surface area (Å²) in [5.74, 6) is -8.41. The Morgan fingerprint density at radius 1 is 1.07 bits per heavy atom. The number of ketones is 2. The number of carbonyl (C=O) groups excluding carboxylic acids is 4. The van der Waals surface area contributed by atoms with Gasteiger partial charge >= 0.3 is 12.4 Å². The maximum atomic E-state index is 13.8. The van der Waals surface area contributed by atoms with Crippen LogP contribution in [0.5, 0.6) is 11.5 Å². The highest BCUT2D eigenvalue weighted by molar-refractivity contribution is 6.22. The number of nitrogens with two attached hydrogens (primary N) is 1. The van der Waals surface area contributed by atoms with Crippen molar-refractivity contribution in [2.75, 3.05) is 10.6 Å². The van der Waals surface area contributed by atoms with Crippen LogP contribution in [0.2, 0.25) is 0 Å². The number of urea groups is 1. The minimum atomic E-state index is -4.90. The van der Waals surface area contributed by atoms with Crippen molar-refractivity contribution in [1.82, 2.24) is 0 Å². The van der Waals surface area contributed by atoms with Gasteiger partial charge < -0.3 is 41.5 Å². The fraction of sp³-hybridized carbons (Fsp3) is 0.333. The van der Waals surface area contributed by atoms with Crippen molar-refractivity contribution in [1.29, 1.82) is 0 Å². The summed E-state index contributed by atoms with van der Waals surface area (Å²) in [6.07, 6.45) is -5.28. The number of hydrogen-bond donors (Lipinski definition) is 7. The number of aliphatic hydroxyl groups excluding tert-OH is 2. The third kappa shape index (κ3) is 5.32. The Kier molecular flexibility index (Phi) is 7.56. The van der Waals surface area contributed by atoms with Gasteiger partial charge in [-0.2, -0.15) is 0 Å². The van der Waals surface area contributed by atoms with Crippen LogP contribution in [-0.2, 0) is 20.8 Å². The molecule has 3 aliphatic carbocycles. The fourth-order valence-electron chi connectivity index (χ4n) is 6.35. The number of rotatable bonds is 5. The quantitative estimate of drug-likeness (QED) is 0.187. The number of phenols is 1. The number of Topliss-reactive ketones (excluding diaryl/α,β-unsaturated/α-hetero) is 2. The van der Waals surface area contributed by atoms with Crippen LogP contribution >= 0.6 is 0 Å². The number of benzene rings is 2. The first-order valence-corrected chi connectivity index (χ1v) is 13.7. The van der Waals surface area contributed by atoms with Crippen LogP contribution in [0, 0.1) is 11.8 Å². The van der Waals surface area contributed by atoms with Crippen LogP contribution in [0.3, 0.4) is 0 Å². The number of aromatic hydroxyl groups is 1. The Morgan fingerprint density at radius 3 is 2.29 bits per heavy atom. The van der Waals surface area contributed by atoms with Gasteiger partial charge in [-0.3, -0.25) is 14.4 Å². The summed E-state index contributed by atoms with van der Waals surface area (Å²) in [5.41, 5.74) is 2.01. The van der Waals surface area contributed by atoms with Gasteiger partial charge in [0.25, 0.3) is 5.91 Å². The van der Waals surface area contributed by atoms with E-state index in [1.807, 2.05) is 13.8 Å². The van der Waals surface area contributed by atoms with Gasteiger partial charge in [-0.05, 0) is 66.1 Å². The Morgan fingerprint density at radius 2 is 1.71 bits per heavy atom. The van der Waals surface area contributed by atoms with Crippen LogP contribution in [0.15, 0.2) is 47.2 Å². The van der Waals surface area contributed by atoms with Gasteiger partial charge in [0.1, 0.15) is 28.6 Å². The molecule has 0 unspecified atom stereocenters. The molecule has 0 aromatic heterocycles. The number of ether oxygens (including phenoxy) is 1. The molecular formula is C30H28F3N3O9. The lowest BCUT2D eigenvalue weighted by Crippen LogP contribution is -2.58. The van der Waals surface area contributed by atoms with Gasteiger partial charge in [0.05, 0.1) is 11.3 Å². The van der Waals surface area contributed by atoms with Crippen molar-refractivity contribution in [3.8, 4) is 11.5 Å². The largest absolute Gasteiger partial charge is 0.573 e. The van der Waals surface area contributed by atoms with Gasteiger partial charge in [0.15, 0.2) is 11.4 Å². The number of amides is 3. The smallest absolute Gasteiger partial charge is 0.508 e. The zero-order chi connectivity index (χ0) is 33.2. The van der Waals surface area contributed by atoms with Crippen molar-refractivity contribution >= 4 is 40.6 Å². The lowest BCUT2D eigenvalue weighted by Gasteiger charge is -2.46. The molecule has 3 amide bonds. The number of hydrogen-bond acceptors (Lipinski definition) is 9. The number of aliphatic hydroxyl groups is 3. The SMILES string of the molecule is CC(C)c1cc(NC(=O)Nc2ccc(OC(F)(F)F)cc2)c(O)c2c1C[C@H]1C[C@H]3CC(=O)C(C(N)=O)=C(O)[C@@]3(O)C(=O)C1=C2O. The van der Waals surface area contributed by atoms with Crippen LogP contribution < -0.4 is 21.1 Å². The normalized spacial score (nSPS) is 22.9. The number of alkyl halides is 3. The van der Waals surface area contributed by atoms with E-state index in [-0.39, 0.29) is 41.3 Å². The summed E-state index contributed by atoms with van der Waals surface area (Å²) < 4.78 is 41.1. The molecule has 1 fully saturated rings. The Bertz CT molecular complexity index is 1710. The molecule has 1 saturated carbocycles. The van der Waals surface area contributed by atoms with Gasteiger partial charge in [-0.15, -0.1) is 13.2 Å². The first kappa shape index (κ1) is 31.4. The van der Waals surface area contributed by atoms with Gasteiger partial charge in [-0.1, -0.05) is 13.8 Å². The molecule has 0 heterocycles. The monoisotopic (exact) mass is 631 g/mol. The molecule has 3 aliphatic rings. The molecule has 0 spiro atoms. The van der Waals surface area contributed by atoms with Crippen LogP contribution in [0.4, 0.5) is 29.3 Å². The molecule has 0 saturated heterocycles. The summed E-state index contributed by atoms with van der Waals surface area (Å²) in [6.45, 7) is 3.63. The van der Waals surface area contributed by atoms with Crippen LogP contribution in [0.1, 0.15) is 49.3 Å². The number of carbonyl (C=O) groups is 4. The molecular weight excluding hydrogens is 603 g/mol. The third-order valence-electron chi connectivity index (χ3n) is 8.31. The van der Waals surface area contributed by atoms with E-state index in [1.54, 1.807) is 0 Å². The second-order valence-corrected chi connectivity index (χ2v) is 11.4. The Labute approximate surface area is 253 Å². The predicted molar refractivity (Wildman–Crippen MR) is 151 cm³/mol. The molecule has 45 heavy (non-hydrogen) atoms. The van der Waals surface area contributed by atoms with Crippen molar-refractivity contribution in [3.63, 3.8) is 0 Å². The maximum absolute atomic E-state index is 13.8. The van der Waals surface area contributed by atoms with E-state index >= 15 is 0 Å². The molecule has 12 nitrogen and oxygen atoms in total. The molecule has 0 radical (unpaired) electrons. The van der Waals surface area contributed by atoms with E-state index in [1.165, 1.54) is 6.07 Å². The van der Waals surface area contributed by atoms with Crippen molar-refractivity contribution < 1.29 is 57.5 Å². The lowest BCUT2D eigenvalue weighted by molar-refractivity contribution is -0.274. The molecule has 0 bridgehead atoms. The molecule has 2 aromatic carbocycles. The Hall–Kier alpha value is -5.05. The summed E-state index contributed by atoms with van der Waals surface area (Å²) >= 11 is 0. The second-order valence-electron chi connectivity index (χ2n) is 11.4. The number of fused-ring (bicyclic) bond motifs is 3. The van der Waals surface area contributed by atoms with Crippen LogP contribution in [0.25, 0.3) is 5.76 Å². The first-order chi connectivity index (χ1) is 20.9. The standard InChI is InChI=1S/C30H28F3N3O9/c1-11(2)16-10-18(36-28(43)35-14-3-5-15(6-4-14)45-30(31,32)33)23(38)21-17(16)8-12-7-13-9-19(37)22(27(34)42)26(41)29(13,44)25(40)20(12)24(21)39/h3-6,10-13,38-39,41,44H,7-9H2,1-2H3,(H2,34,42)(H2,35,36,43)/t12-,13+,29+/m1/s1. The third-order valence-corrected chi connectivity index (χ3v) is 8.31. The van der Waals surface area contributed by atoms with Crippen molar-refractivity contribution in [2.24, 2.45) is 17.6 Å². The molecule has 0 aliphatic heterocycles. The molecule has 8 N–H and O–H groups in total. The zero-order valence-corrected chi connectivity index (χ0v) is 23.8. The van der Waals surface area contributed by atoms with E-state index in [0.717, 1.165) is 24.3 Å². The first-order valence-electron chi connectivity index (χ1n) is 13.7. The van der Waals surface area contributed by atoms with Crippen LogP contribution in [-0.4, -0.2) is 55.9 Å². The molecule has 15 heteroatoms. The van der Waals surface area contributed by atoms with Gasteiger partial charge in [0.2, 0.25) is 5.78 Å². The maximum Gasteiger partial charge on any atom is 0.573 e. The average Bonchev–Trinajstić information content (AvgIpc) is 2.92. The Balaban J connectivity index is 1.51. The summed E-state index contributed by atoms with van der Waals surface area (Å²) in [4.78, 5) is 50.9. The molecule has 2 aromatic rings. The minimum absolute atomic E-state index is 0.0313. The number of halogens is 3. The minimum Gasteiger partial charge on any atom is -0.508 e. The number of nitrogens with one attached hydrogen (secondary N) is 2. The summed E-state index contributed by atoms with van der Waals surface area (Å²) in [5, 5.41) is 49.7. The van der Waals surface area contributed by atoms with E-state index < -0.39 is 82.3 Å². The summed E-state index contributed by atoms with van der Waals surface area (Å²) in [7, 11) is 0. The molecule has 5 rings (SSSR count). The van der Waals surface area contributed by atoms with Gasteiger partial charge in [-0.25, -0.2) is 4.79 Å². The molecule has 238 valence electrons. The number of phenolic OH excluding ortho intramolecular Hbond substituents is 1. The van der Waals surface area contributed by atoms with E-state index in [9.17, 15) is 52.8 Å². The fourth-order valence-corrected chi connectivity index (χ4v) is 6.35. The average molecular weight is 632 g/mol. The lowest BCUT2D eigenvalue weighted by atomic mass is 9.59. The van der Waals surface area contributed by atoms with Crippen molar-refractivity contribution in [3.05, 3.63) is 63.9 Å². The van der Waals surface area contributed by atoms with E-state index in [2.05, 4.69) is 15.4 Å². The van der Waals surface area contributed by atoms with Gasteiger partial charge in [0, 0.05) is 23.6 Å². The zero-order valence-electron chi connectivity index (χ0n) is 23.8. The number of anilines is 2.